The van der Waals surface area contributed by atoms with Crippen molar-refractivity contribution >= 4 is 5.97 Å². The Morgan fingerprint density at radius 2 is 1.82 bits per heavy atom. The number of aliphatic carboxylic acids is 1. The van der Waals surface area contributed by atoms with Crippen molar-refractivity contribution in [3.8, 4) is 0 Å². The van der Waals surface area contributed by atoms with Crippen LogP contribution in [0.5, 0.6) is 0 Å². The molecular weight excluding hydrogens is 214 g/mol. The highest BCUT2D eigenvalue weighted by molar-refractivity contribution is 5.66. The molecule has 96 valence electrons. The van der Waals surface area contributed by atoms with Crippen molar-refractivity contribution in [1.29, 1.82) is 0 Å². The van der Waals surface area contributed by atoms with E-state index >= 15 is 0 Å². The number of carboxylic acid groups (broad SMARTS) is 1. The van der Waals surface area contributed by atoms with Gasteiger partial charge in [-0.25, -0.2) is 0 Å². The maximum Gasteiger partial charge on any atom is 0.303 e. The molecule has 2 bridgehead atoms. The number of rotatable bonds is 7. The summed E-state index contributed by atoms with van der Waals surface area (Å²) in [6.45, 7) is 1.09. The van der Waals surface area contributed by atoms with Crippen LogP contribution >= 0.6 is 0 Å². The first-order valence-corrected chi connectivity index (χ1v) is 7.22. The smallest absolute Gasteiger partial charge is 0.303 e. The average molecular weight is 237 g/mol. The fourth-order valence-electron chi connectivity index (χ4n) is 4.44. The van der Waals surface area contributed by atoms with E-state index in [1.54, 1.807) is 0 Å². The minimum Gasteiger partial charge on any atom is -0.481 e. The van der Waals surface area contributed by atoms with E-state index in [1.807, 2.05) is 0 Å². The molecule has 0 aliphatic heterocycles. The first-order valence-electron chi connectivity index (χ1n) is 7.22. The lowest BCUT2D eigenvalue weighted by molar-refractivity contribution is -0.137. The van der Waals surface area contributed by atoms with Crippen molar-refractivity contribution in [2.45, 2.75) is 51.0 Å². The number of unbranched alkanes of at least 4 members (excludes halogenated alkanes) is 2. The van der Waals surface area contributed by atoms with Gasteiger partial charge in [0.25, 0.3) is 0 Å². The first-order chi connectivity index (χ1) is 8.27. The van der Waals surface area contributed by atoms with E-state index in [2.05, 4.69) is 5.32 Å². The van der Waals surface area contributed by atoms with E-state index in [-0.39, 0.29) is 0 Å². The average Bonchev–Trinajstić information content (AvgIpc) is 2.70. The van der Waals surface area contributed by atoms with Crippen LogP contribution in [0, 0.1) is 23.7 Å². The van der Waals surface area contributed by atoms with Crippen LogP contribution in [0.2, 0.25) is 0 Å². The fraction of sp³-hybridized carbons (Fsp3) is 0.929. The number of nitrogens with one attached hydrogen (secondary N) is 1. The summed E-state index contributed by atoms with van der Waals surface area (Å²) >= 11 is 0. The van der Waals surface area contributed by atoms with Crippen LogP contribution in [-0.2, 0) is 4.79 Å². The van der Waals surface area contributed by atoms with Crippen molar-refractivity contribution < 1.29 is 9.90 Å². The summed E-state index contributed by atoms with van der Waals surface area (Å²) in [7, 11) is 0. The van der Waals surface area contributed by atoms with Crippen LogP contribution in [0.3, 0.4) is 0 Å². The zero-order valence-electron chi connectivity index (χ0n) is 10.4. The number of carbonyl (C=O) groups is 1. The molecule has 0 amide bonds. The van der Waals surface area contributed by atoms with Crippen LogP contribution in [0.1, 0.15) is 44.9 Å². The van der Waals surface area contributed by atoms with Gasteiger partial charge in [-0.3, -0.25) is 4.79 Å². The fourth-order valence-corrected chi connectivity index (χ4v) is 4.44. The molecular formula is C14H23NO2. The Morgan fingerprint density at radius 3 is 2.47 bits per heavy atom. The molecule has 4 unspecified atom stereocenters. The maximum absolute atomic E-state index is 10.3. The second kappa shape index (κ2) is 4.60. The van der Waals surface area contributed by atoms with Crippen molar-refractivity contribution in [2.75, 3.05) is 6.54 Å². The van der Waals surface area contributed by atoms with Crippen molar-refractivity contribution in [2.24, 2.45) is 23.7 Å². The molecule has 3 nitrogen and oxygen atoms in total. The maximum atomic E-state index is 10.3. The highest BCUT2D eigenvalue weighted by Crippen LogP contribution is 2.65. The summed E-state index contributed by atoms with van der Waals surface area (Å²) < 4.78 is 0. The number of carboxylic acids is 1. The Balaban J connectivity index is 1.26. The van der Waals surface area contributed by atoms with Crippen LogP contribution in [-0.4, -0.2) is 23.7 Å². The minimum atomic E-state index is -0.661. The second-order valence-electron chi connectivity index (χ2n) is 6.17. The molecule has 3 fully saturated rings. The zero-order valence-corrected chi connectivity index (χ0v) is 10.4. The van der Waals surface area contributed by atoms with Crippen LogP contribution in [0.25, 0.3) is 0 Å². The van der Waals surface area contributed by atoms with E-state index in [0.717, 1.165) is 55.5 Å². The molecule has 3 aliphatic carbocycles. The standard InChI is InChI=1S/C14H23NO2/c16-11(17)4-2-1-3-7-15-14-12-9-5-6-10(8-9)13(12)14/h9-10,12-15H,1-8H2,(H,16,17). The summed E-state index contributed by atoms with van der Waals surface area (Å²) in [6, 6.07) is 0.834. The molecule has 4 atom stereocenters. The van der Waals surface area contributed by atoms with E-state index < -0.39 is 5.97 Å². The van der Waals surface area contributed by atoms with E-state index in [1.165, 1.54) is 19.3 Å². The van der Waals surface area contributed by atoms with Gasteiger partial charge in [-0.2, -0.15) is 0 Å². The molecule has 3 rings (SSSR count). The molecule has 0 aromatic carbocycles. The molecule has 0 heterocycles. The van der Waals surface area contributed by atoms with Gasteiger partial charge in [0.15, 0.2) is 0 Å². The topological polar surface area (TPSA) is 49.3 Å². The quantitative estimate of drug-likeness (QED) is 0.668. The third kappa shape index (κ3) is 2.22. The molecule has 17 heavy (non-hydrogen) atoms. The van der Waals surface area contributed by atoms with Gasteiger partial charge >= 0.3 is 5.97 Å². The lowest BCUT2D eigenvalue weighted by Gasteiger charge is -2.10. The van der Waals surface area contributed by atoms with E-state index in [4.69, 9.17) is 5.11 Å². The predicted octanol–water partition coefficient (Wildman–Crippen LogP) is 2.27. The molecule has 0 radical (unpaired) electrons. The number of hydrogen-bond donors (Lipinski definition) is 2. The van der Waals surface area contributed by atoms with Gasteiger partial charge in [0.1, 0.15) is 0 Å². The summed E-state index contributed by atoms with van der Waals surface area (Å²) in [4.78, 5) is 10.3. The third-order valence-corrected chi connectivity index (χ3v) is 5.18. The lowest BCUT2D eigenvalue weighted by Crippen LogP contribution is -2.24. The monoisotopic (exact) mass is 237 g/mol. The summed E-state index contributed by atoms with van der Waals surface area (Å²) in [6.07, 6.45) is 7.85. The second-order valence-corrected chi connectivity index (χ2v) is 6.17. The Bertz CT molecular complexity index is 289. The summed E-state index contributed by atoms with van der Waals surface area (Å²) in [5.74, 6) is 3.48. The van der Waals surface area contributed by atoms with Crippen molar-refractivity contribution in [3.63, 3.8) is 0 Å². The molecule has 0 spiro atoms. The van der Waals surface area contributed by atoms with Crippen LogP contribution < -0.4 is 5.32 Å². The lowest BCUT2D eigenvalue weighted by atomic mass is 10.0. The van der Waals surface area contributed by atoms with E-state index in [9.17, 15) is 4.79 Å². The SMILES string of the molecule is O=C(O)CCCCCNC1C2C3CCC(C3)C12. The van der Waals surface area contributed by atoms with Crippen molar-refractivity contribution in [1.82, 2.24) is 5.32 Å². The van der Waals surface area contributed by atoms with Crippen LogP contribution in [0.4, 0.5) is 0 Å². The third-order valence-electron chi connectivity index (χ3n) is 5.18. The first kappa shape index (κ1) is 11.5. The predicted molar refractivity (Wildman–Crippen MR) is 65.7 cm³/mol. The number of hydrogen-bond acceptors (Lipinski definition) is 2. The Morgan fingerprint density at radius 1 is 1.12 bits per heavy atom. The Labute approximate surface area is 103 Å². The van der Waals surface area contributed by atoms with Gasteiger partial charge in [-0.05, 0) is 62.3 Å². The summed E-state index contributed by atoms with van der Waals surface area (Å²) in [5.41, 5.74) is 0. The van der Waals surface area contributed by atoms with Gasteiger partial charge in [-0.1, -0.05) is 6.42 Å². The molecule has 2 N–H and O–H groups in total. The number of fused-ring (bicyclic) bond motifs is 5. The molecule has 3 heteroatoms. The largest absolute Gasteiger partial charge is 0.481 e. The van der Waals surface area contributed by atoms with Crippen LogP contribution in [0.15, 0.2) is 0 Å². The molecule has 0 saturated heterocycles. The van der Waals surface area contributed by atoms with E-state index in [0.29, 0.717) is 6.42 Å². The van der Waals surface area contributed by atoms with Gasteiger partial charge in [0.2, 0.25) is 0 Å². The minimum absolute atomic E-state index is 0.332. The highest BCUT2D eigenvalue weighted by Gasteiger charge is 2.64. The molecule has 3 aliphatic rings. The van der Waals surface area contributed by atoms with Crippen molar-refractivity contribution in [3.05, 3.63) is 0 Å². The zero-order chi connectivity index (χ0) is 11.8. The van der Waals surface area contributed by atoms with Gasteiger partial charge < -0.3 is 10.4 Å². The molecule has 0 aromatic rings. The summed E-state index contributed by atoms with van der Waals surface area (Å²) in [5, 5.41) is 12.2. The normalized spacial score (nSPS) is 41.5. The van der Waals surface area contributed by atoms with Gasteiger partial charge in [0.05, 0.1) is 0 Å². The van der Waals surface area contributed by atoms with Gasteiger partial charge in [-0.15, -0.1) is 0 Å². The Kier molecular flexibility index (Phi) is 3.12. The molecule has 0 aromatic heterocycles. The molecule has 3 saturated carbocycles. The highest BCUT2D eigenvalue weighted by atomic mass is 16.4. The van der Waals surface area contributed by atoms with Gasteiger partial charge in [0, 0.05) is 12.5 Å². The Hall–Kier alpha value is -0.570.